The molecule has 4 atom stereocenters. The van der Waals surface area contributed by atoms with E-state index in [4.69, 9.17) is 0 Å². The fourth-order valence-electron chi connectivity index (χ4n) is 2.63. The van der Waals surface area contributed by atoms with Gasteiger partial charge in [-0.1, -0.05) is 24.3 Å². The predicted molar refractivity (Wildman–Crippen MR) is 114 cm³/mol. The standard InChI is InChI=1S/C16H18O8S4/c17-13(18)9(25)7(10(26)14(19)20)5-1-2-6(4-3-5)8(11(27)15(21)22)12(28)16(23)24/h1-4,7-12,25-28H,(H,17,18)(H,19,20)(H,21,22)(H,23,24). The molecule has 154 valence electrons. The van der Waals surface area contributed by atoms with Gasteiger partial charge < -0.3 is 20.4 Å². The van der Waals surface area contributed by atoms with Crippen molar-refractivity contribution in [1.82, 2.24) is 0 Å². The van der Waals surface area contributed by atoms with E-state index in [1.807, 2.05) is 0 Å². The Morgan fingerprint density at radius 2 is 0.714 bits per heavy atom. The van der Waals surface area contributed by atoms with Crippen LogP contribution in [0.1, 0.15) is 23.0 Å². The van der Waals surface area contributed by atoms with Crippen LogP contribution in [0, 0.1) is 0 Å². The summed E-state index contributed by atoms with van der Waals surface area (Å²) in [6.45, 7) is 0. The molecule has 0 aliphatic carbocycles. The van der Waals surface area contributed by atoms with Gasteiger partial charge >= 0.3 is 23.9 Å². The van der Waals surface area contributed by atoms with E-state index in [0.717, 1.165) is 0 Å². The fraction of sp³-hybridized carbons (Fsp3) is 0.375. The highest BCUT2D eigenvalue weighted by atomic mass is 32.1. The predicted octanol–water partition coefficient (Wildman–Crippen LogP) is 1.39. The van der Waals surface area contributed by atoms with Crippen LogP contribution in [0.15, 0.2) is 24.3 Å². The molecule has 0 spiro atoms. The summed E-state index contributed by atoms with van der Waals surface area (Å²) in [5.74, 6) is -7.55. The molecule has 0 bridgehead atoms. The van der Waals surface area contributed by atoms with Gasteiger partial charge in [0.1, 0.15) is 21.0 Å². The van der Waals surface area contributed by atoms with Crippen molar-refractivity contribution in [2.45, 2.75) is 32.8 Å². The molecule has 0 saturated carbocycles. The molecule has 1 rings (SSSR count). The molecule has 4 unspecified atom stereocenters. The van der Waals surface area contributed by atoms with E-state index in [0.29, 0.717) is 0 Å². The van der Waals surface area contributed by atoms with Gasteiger partial charge in [0.15, 0.2) is 0 Å². The lowest BCUT2D eigenvalue weighted by atomic mass is 9.87. The highest BCUT2D eigenvalue weighted by Gasteiger charge is 2.37. The normalized spacial score (nSPS) is 17.6. The number of thiol groups is 4. The van der Waals surface area contributed by atoms with Crippen molar-refractivity contribution in [2.75, 3.05) is 0 Å². The van der Waals surface area contributed by atoms with Gasteiger partial charge in [-0.3, -0.25) is 19.2 Å². The highest BCUT2D eigenvalue weighted by molar-refractivity contribution is 7.83. The summed E-state index contributed by atoms with van der Waals surface area (Å²) in [5, 5.41) is 31.3. The van der Waals surface area contributed by atoms with E-state index in [1.54, 1.807) is 0 Å². The van der Waals surface area contributed by atoms with E-state index in [-0.39, 0.29) is 11.1 Å². The van der Waals surface area contributed by atoms with Gasteiger partial charge in [-0.25, -0.2) is 0 Å². The minimum Gasteiger partial charge on any atom is -0.480 e. The van der Waals surface area contributed by atoms with Gasteiger partial charge in [0, 0.05) is 11.8 Å². The van der Waals surface area contributed by atoms with Gasteiger partial charge in [-0.15, -0.1) is 0 Å². The molecule has 8 nitrogen and oxygen atoms in total. The molecular weight excluding hydrogens is 448 g/mol. The molecule has 12 heteroatoms. The molecule has 1 aromatic carbocycles. The summed E-state index contributed by atoms with van der Waals surface area (Å²) in [5.41, 5.74) is 0.564. The molecular formula is C16H18O8S4. The Balaban J connectivity index is 3.37. The van der Waals surface area contributed by atoms with E-state index in [9.17, 15) is 39.6 Å². The first-order valence-electron chi connectivity index (χ1n) is 7.63. The molecule has 0 fully saturated rings. The van der Waals surface area contributed by atoms with E-state index < -0.39 is 56.7 Å². The lowest BCUT2D eigenvalue weighted by Crippen LogP contribution is -2.34. The lowest BCUT2D eigenvalue weighted by Gasteiger charge is -2.26. The second-order valence-corrected chi connectivity index (χ2v) is 8.08. The monoisotopic (exact) mass is 466 g/mol. The van der Waals surface area contributed by atoms with Gasteiger partial charge in [0.25, 0.3) is 0 Å². The number of hydrogen-bond acceptors (Lipinski definition) is 8. The molecule has 0 aliphatic rings. The molecule has 4 N–H and O–H groups in total. The molecule has 0 heterocycles. The third-order valence-electron chi connectivity index (χ3n) is 4.08. The Morgan fingerprint density at radius 3 is 0.857 bits per heavy atom. The third-order valence-corrected chi connectivity index (χ3v) is 6.25. The van der Waals surface area contributed by atoms with Gasteiger partial charge in [0.05, 0.1) is 0 Å². The number of hydrogen-bond donors (Lipinski definition) is 8. The number of carboxylic acid groups (broad SMARTS) is 4. The Morgan fingerprint density at radius 1 is 0.536 bits per heavy atom. The van der Waals surface area contributed by atoms with Crippen LogP contribution >= 0.6 is 50.5 Å². The number of rotatable bonds is 10. The first kappa shape index (κ1) is 24.5. The minimum absolute atomic E-state index is 0.282. The van der Waals surface area contributed by atoms with Crippen molar-refractivity contribution < 1.29 is 39.6 Å². The van der Waals surface area contributed by atoms with Crippen molar-refractivity contribution in [1.29, 1.82) is 0 Å². The topological polar surface area (TPSA) is 149 Å². The van der Waals surface area contributed by atoms with Crippen molar-refractivity contribution >= 4 is 74.4 Å². The van der Waals surface area contributed by atoms with E-state index in [1.165, 1.54) is 24.3 Å². The minimum atomic E-state index is -1.37. The quantitative estimate of drug-likeness (QED) is 0.241. The van der Waals surface area contributed by atoms with Gasteiger partial charge in [-0.05, 0) is 11.1 Å². The molecule has 28 heavy (non-hydrogen) atoms. The fourth-order valence-corrected chi connectivity index (χ4v) is 4.28. The third kappa shape index (κ3) is 5.75. The van der Waals surface area contributed by atoms with E-state index >= 15 is 0 Å². The number of aliphatic carboxylic acids is 4. The van der Waals surface area contributed by atoms with Crippen molar-refractivity contribution in [3.63, 3.8) is 0 Å². The zero-order valence-corrected chi connectivity index (χ0v) is 17.6. The SMILES string of the molecule is O=C(O)C(S)C(c1ccc(C(C(S)C(=O)O)C(S)C(=O)O)cc1)C(S)C(=O)O. The van der Waals surface area contributed by atoms with Gasteiger partial charge in [0.2, 0.25) is 0 Å². The van der Waals surface area contributed by atoms with Crippen molar-refractivity contribution in [2.24, 2.45) is 0 Å². The summed E-state index contributed by atoms with van der Waals surface area (Å²) in [7, 11) is 0. The largest absolute Gasteiger partial charge is 0.480 e. The maximum atomic E-state index is 11.3. The first-order chi connectivity index (χ1) is 12.9. The maximum absolute atomic E-state index is 11.3. The Kier molecular flexibility index (Phi) is 9.05. The van der Waals surface area contributed by atoms with Crippen LogP contribution < -0.4 is 0 Å². The summed E-state index contributed by atoms with van der Waals surface area (Å²) < 4.78 is 0. The smallest absolute Gasteiger partial charge is 0.317 e. The molecule has 0 saturated heterocycles. The Bertz CT molecular complexity index is 651. The molecule has 0 amide bonds. The summed E-state index contributed by atoms with van der Waals surface area (Å²) >= 11 is 15.8. The second kappa shape index (κ2) is 10.3. The van der Waals surface area contributed by atoms with Crippen molar-refractivity contribution in [3.8, 4) is 0 Å². The Labute approximate surface area is 182 Å². The van der Waals surface area contributed by atoms with Crippen LogP contribution in [0.4, 0.5) is 0 Å². The van der Waals surface area contributed by atoms with Crippen LogP contribution in [-0.4, -0.2) is 65.3 Å². The highest BCUT2D eigenvalue weighted by Crippen LogP contribution is 2.35. The number of carbonyl (C=O) groups is 4. The van der Waals surface area contributed by atoms with Crippen LogP contribution in [0.25, 0.3) is 0 Å². The van der Waals surface area contributed by atoms with Crippen LogP contribution in [0.5, 0.6) is 0 Å². The number of carboxylic acids is 4. The summed E-state index contributed by atoms with van der Waals surface area (Å²) in [6.07, 6.45) is 0. The van der Waals surface area contributed by atoms with E-state index in [2.05, 4.69) is 50.5 Å². The van der Waals surface area contributed by atoms with Crippen LogP contribution in [-0.2, 0) is 19.2 Å². The van der Waals surface area contributed by atoms with Crippen LogP contribution in [0.3, 0.4) is 0 Å². The Hall–Kier alpha value is -1.50. The van der Waals surface area contributed by atoms with Gasteiger partial charge in [-0.2, -0.15) is 50.5 Å². The summed E-state index contributed by atoms with van der Waals surface area (Å²) in [4.78, 5) is 45.2. The van der Waals surface area contributed by atoms with Crippen LogP contribution in [0.2, 0.25) is 0 Å². The average Bonchev–Trinajstić information content (AvgIpc) is 2.62. The molecule has 0 aromatic heterocycles. The first-order valence-corrected chi connectivity index (χ1v) is 9.70. The average molecular weight is 467 g/mol. The van der Waals surface area contributed by atoms with Crippen molar-refractivity contribution in [3.05, 3.63) is 35.4 Å². The zero-order valence-electron chi connectivity index (χ0n) is 14.0. The molecule has 1 aromatic rings. The lowest BCUT2D eigenvalue weighted by molar-refractivity contribution is -0.140. The zero-order chi connectivity index (χ0) is 21.8. The second-order valence-electron chi connectivity index (χ2n) is 5.85. The summed E-state index contributed by atoms with van der Waals surface area (Å²) in [6, 6.07) is 5.54. The molecule has 0 radical (unpaired) electrons. The molecule has 0 aliphatic heterocycles. The number of benzene rings is 1. The maximum Gasteiger partial charge on any atom is 0.317 e.